The van der Waals surface area contributed by atoms with E-state index in [2.05, 4.69) is 43.8 Å². The molecule has 1 aliphatic heterocycles. The molecule has 1 aromatic carbocycles. The fraction of sp³-hybridized carbons (Fsp3) is 0.192. The summed E-state index contributed by atoms with van der Waals surface area (Å²) in [7, 11) is 0. The second kappa shape index (κ2) is 8.75. The SMILES string of the molecule is Cc1cc([C@H]2[C@H](c3ccccn3)NC(=S)N2Cc2cccnc2)c(C)n1-c1cccc(F)c1. The lowest BCUT2D eigenvalue weighted by atomic mass is 9.96. The Morgan fingerprint density at radius 1 is 1.03 bits per heavy atom. The Kier molecular flexibility index (Phi) is 5.64. The van der Waals surface area contributed by atoms with Gasteiger partial charge in [0.05, 0.1) is 17.8 Å². The van der Waals surface area contributed by atoms with Crippen molar-refractivity contribution in [1.82, 2.24) is 24.8 Å². The van der Waals surface area contributed by atoms with Crippen LogP contribution in [0.5, 0.6) is 0 Å². The van der Waals surface area contributed by atoms with Gasteiger partial charge in [0.15, 0.2) is 5.11 Å². The van der Waals surface area contributed by atoms with Crippen LogP contribution in [0.15, 0.2) is 79.3 Å². The second-order valence-corrected chi connectivity index (χ2v) is 8.64. The number of nitrogens with zero attached hydrogens (tertiary/aromatic N) is 4. The number of aromatic nitrogens is 3. The monoisotopic (exact) mass is 457 g/mol. The predicted octanol–water partition coefficient (Wildman–Crippen LogP) is 5.20. The van der Waals surface area contributed by atoms with Crippen LogP contribution in [0.2, 0.25) is 0 Å². The molecular formula is C26H24FN5S. The molecule has 0 aliphatic carbocycles. The van der Waals surface area contributed by atoms with E-state index in [0.717, 1.165) is 33.9 Å². The van der Waals surface area contributed by atoms with Crippen molar-refractivity contribution >= 4 is 17.3 Å². The highest BCUT2D eigenvalue weighted by atomic mass is 32.1. The number of hydrogen-bond acceptors (Lipinski definition) is 3. The summed E-state index contributed by atoms with van der Waals surface area (Å²) in [5, 5.41) is 4.18. The molecule has 1 aliphatic rings. The zero-order valence-electron chi connectivity index (χ0n) is 18.4. The van der Waals surface area contributed by atoms with Crippen molar-refractivity contribution in [2.24, 2.45) is 0 Å². The van der Waals surface area contributed by atoms with Crippen molar-refractivity contribution in [3.8, 4) is 5.69 Å². The smallest absolute Gasteiger partial charge is 0.170 e. The van der Waals surface area contributed by atoms with Gasteiger partial charge >= 0.3 is 0 Å². The highest BCUT2D eigenvalue weighted by Gasteiger charge is 2.41. The number of thiocarbonyl (C=S) groups is 1. The van der Waals surface area contributed by atoms with Crippen LogP contribution in [0.3, 0.4) is 0 Å². The number of pyridine rings is 2. The highest BCUT2D eigenvalue weighted by Crippen LogP contribution is 2.42. The molecule has 4 aromatic rings. The normalized spacial score (nSPS) is 17.9. The van der Waals surface area contributed by atoms with Gasteiger partial charge in [-0.25, -0.2) is 4.39 Å². The Morgan fingerprint density at radius 3 is 2.64 bits per heavy atom. The molecular weight excluding hydrogens is 433 g/mol. The Morgan fingerprint density at radius 2 is 1.91 bits per heavy atom. The van der Waals surface area contributed by atoms with Gasteiger partial charge in [-0.2, -0.15) is 0 Å². The van der Waals surface area contributed by atoms with Crippen LogP contribution >= 0.6 is 12.2 Å². The number of hydrogen-bond donors (Lipinski definition) is 1. The summed E-state index contributed by atoms with van der Waals surface area (Å²) in [5.74, 6) is -0.255. The fourth-order valence-electron chi connectivity index (χ4n) is 4.70. The molecule has 3 aromatic heterocycles. The van der Waals surface area contributed by atoms with E-state index >= 15 is 0 Å². The molecule has 1 N–H and O–H groups in total. The van der Waals surface area contributed by atoms with Gasteiger partial charge in [-0.15, -0.1) is 0 Å². The summed E-state index contributed by atoms with van der Waals surface area (Å²) >= 11 is 5.80. The van der Waals surface area contributed by atoms with Gasteiger partial charge in [0.1, 0.15) is 5.82 Å². The first-order valence-electron chi connectivity index (χ1n) is 10.8. The van der Waals surface area contributed by atoms with Crippen LogP contribution < -0.4 is 5.32 Å². The molecule has 0 radical (unpaired) electrons. The molecule has 2 atom stereocenters. The third-order valence-corrected chi connectivity index (χ3v) is 6.48. The van der Waals surface area contributed by atoms with E-state index in [1.54, 1.807) is 24.5 Å². The zero-order chi connectivity index (χ0) is 22.9. The van der Waals surface area contributed by atoms with Crippen LogP contribution in [0.4, 0.5) is 4.39 Å². The summed E-state index contributed by atoms with van der Waals surface area (Å²) in [6.45, 7) is 4.74. The fourth-order valence-corrected chi connectivity index (χ4v) is 5.01. The molecule has 7 heteroatoms. The minimum atomic E-state index is -0.255. The van der Waals surface area contributed by atoms with Crippen molar-refractivity contribution in [2.45, 2.75) is 32.5 Å². The van der Waals surface area contributed by atoms with E-state index in [1.807, 2.05) is 43.5 Å². The van der Waals surface area contributed by atoms with Crippen LogP contribution in [0.1, 0.15) is 40.3 Å². The maximum absolute atomic E-state index is 14.0. The van der Waals surface area contributed by atoms with Crippen molar-refractivity contribution in [3.05, 3.63) is 113 Å². The van der Waals surface area contributed by atoms with E-state index in [-0.39, 0.29) is 17.9 Å². The predicted molar refractivity (Wildman–Crippen MR) is 130 cm³/mol. The maximum atomic E-state index is 14.0. The molecule has 5 rings (SSSR count). The van der Waals surface area contributed by atoms with Gasteiger partial charge in [-0.05, 0) is 79.7 Å². The number of aryl methyl sites for hydroxylation is 1. The molecule has 4 heterocycles. The molecule has 0 amide bonds. The Bertz CT molecular complexity index is 1290. The number of halogens is 1. The van der Waals surface area contributed by atoms with Gasteiger partial charge in [0.2, 0.25) is 0 Å². The molecule has 5 nitrogen and oxygen atoms in total. The Balaban J connectivity index is 1.62. The molecule has 0 unspecified atom stereocenters. The van der Waals surface area contributed by atoms with Gasteiger partial charge in [0.25, 0.3) is 0 Å². The van der Waals surface area contributed by atoms with Gasteiger partial charge < -0.3 is 14.8 Å². The van der Waals surface area contributed by atoms with E-state index in [9.17, 15) is 4.39 Å². The standard InChI is InChI=1S/C26H24FN5S/c1-17-13-22(18(2)32(17)21-9-5-8-20(27)14-21)25-24(23-10-3-4-12-29-23)30-26(33)31(25)16-19-7-6-11-28-15-19/h3-15,24-25H,16H2,1-2H3,(H,30,33)/t24-,25-/m0/s1. The molecule has 1 fully saturated rings. The van der Waals surface area contributed by atoms with E-state index < -0.39 is 0 Å². The summed E-state index contributed by atoms with van der Waals surface area (Å²) in [6.07, 6.45) is 5.44. The molecule has 0 spiro atoms. The number of benzene rings is 1. The number of nitrogens with one attached hydrogen (secondary N) is 1. The van der Waals surface area contributed by atoms with Crippen LogP contribution in [0.25, 0.3) is 5.69 Å². The molecule has 0 bridgehead atoms. The minimum absolute atomic E-state index is 0.0823. The molecule has 33 heavy (non-hydrogen) atoms. The largest absolute Gasteiger partial charge is 0.352 e. The van der Waals surface area contributed by atoms with Gasteiger partial charge in [-0.1, -0.05) is 18.2 Å². The Hall–Kier alpha value is -3.58. The average molecular weight is 458 g/mol. The summed E-state index contributed by atoms with van der Waals surface area (Å²) in [6, 6.07) is 18.6. The first kappa shape index (κ1) is 21.3. The first-order valence-corrected chi connectivity index (χ1v) is 11.3. The van der Waals surface area contributed by atoms with Gasteiger partial charge in [-0.3, -0.25) is 9.97 Å². The summed E-state index contributed by atoms with van der Waals surface area (Å²) in [5.41, 5.74) is 6.02. The van der Waals surface area contributed by atoms with Crippen molar-refractivity contribution in [2.75, 3.05) is 0 Å². The third kappa shape index (κ3) is 4.00. The number of rotatable bonds is 5. The maximum Gasteiger partial charge on any atom is 0.170 e. The van der Waals surface area contributed by atoms with Crippen molar-refractivity contribution in [1.29, 1.82) is 0 Å². The van der Waals surface area contributed by atoms with Crippen LogP contribution in [0, 0.1) is 19.7 Å². The first-order chi connectivity index (χ1) is 16.0. The minimum Gasteiger partial charge on any atom is -0.352 e. The summed E-state index contributed by atoms with van der Waals surface area (Å²) in [4.78, 5) is 11.1. The van der Waals surface area contributed by atoms with Crippen molar-refractivity contribution in [3.63, 3.8) is 0 Å². The molecule has 1 saturated heterocycles. The lowest BCUT2D eigenvalue weighted by Crippen LogP contribution is -2.29. The Labute approximate surface area is 197 Å². The van der Waals surface area contributed by atoms with E-state index in [4.69, 9.17) is 12.2 Å². The topological polar surface area (TPSA) is 46.0 Å². The van der Waals surface area contributed by atoms with E-state index in [1.165, 1.54) is 6.07 Å². The quantitative estimate of drug-likeness (QED) is 0.418. The van der Waals surface area contributed by atoms with E-state index in [0.29, 0.717) is 11.7 Å². The summed E-state index contributed by atoms with van der Waals surface area (Å²) < 4.78 is 16.1. The highest BCUT2D eigenvalue weighted by molar-refractivity contribution is 7.80. The zero-order valence-corrected chi connectivity index (χ0v) is 19.3. The van der Waals surface area contributed by atoms with Crippen LogP contribution in [-0.2, 0) is 6.54 Å². The van der Waals surface area contributed by atoms with Crippen LogP contribution in [-0.4, -0.2) is 24.5 Å². The lowest BCUT2D eigenvalue weighted by molar-refractivity contribution is 0.310. The third-order valence-electron chi connectivity index (χ3n) is 6.13. The van der Waals surface area contributed by atoms with Crippen molar-refractivity contribution < 1.29 is 4.39 Å². The lowest BCUT2D eigenvalue weighted by Gasteiger charge is -2.28. The van der Waals surface area contributed by atoms with Gasteiger partial charge in [0, 0.05) is 42.2 Å². The average Bonchev–Trinajstić information content (AvgIpc) is 3.30. The second-order valence-electron chi connectivity index (χ2n) is 8.26. The molecule has 166 valence electrons. The molecule has 0 saturated carbocycles.